The Kier molecular flexibility index (Phi) is 4.30. The van der Waals surface area contributed by atoms with Crippen LogP contribution in [0.2, 0.25) is 0 Å². The normalized spacial score (nSPS) is 10.7. The molecule has 0 spiro atoms. The highest BCUT2D eigenvalue weighted by molar-refractivity contribution is 5.96. The summed E-state index contributed by atoms with van der Waals surface area (Å²) in [5.74, 6) is -0.114. The fourth-order valence-corrected chi connectivity index (χ4v) is 1.79. The number of pyridine rings is 1. The van der Waals surface area contributed by atoms with Crippen LogP contribution in [0.3, 0.4) is 0 Å². The van der Waals surface area contributed by atoms with E-state index in [0.29, 0.717) is 12.2 Å². The quantitative estimate of drug-likeness (QED) is 0.676. The molecule has 2 aromatic rings. The minimum absolute atomic E-state index is 0.114. The Balaban J connectivity index is 1.88. The number of aliphatic hydroxyl groups excluding tert-OH is 1. The first-order valence-corrected chi connectivity index (χ1v) is 6.14. The zero-order valence-electron chi connectivity index (χ0n) is 10.1. The Labute approximate surface area is 105 Å². The van der Waals surface area contributed by atoms with Crippen LogP contribution >= 0.6 is 0 Å². The number of amides is 1. The monoisotopic (exact) mass is 247 g/mol. The molecule has 5 nitrogen and oxygen atoms in total. The van der Waals surface area contributed by atoms with Gasteiger partial charge in [-0.15, -0.1) is 0 Å². The van der Waals surface area contributed by atoms with E-state index in [-0.39, 0.29) is 12.5 Å². The summed E-state index contributed by atoms with van der Waals surface area (Å²) < 4.78 is 0. The number of aliphatic hydroxyl groups is 1. The van der Waals surface area contributed by atoms with E-state index in [1.807, 2.05) is 12.1 Å². The second-order valence-electron chi connectivity index (χ2n) is 4.16. The maximum absolute atomic E-state index is 11.8. The summed E-state index contributed by atoms with van der Waals surface area (Å²) in [7, 11) is 0. The molecule has 0 aliphatic carbocycles. The van der Waals surface area contributed by atoms with Crippen LogP contribution in [0.25, 0.3) is 11.0 Å². The van der Waals surface area contributed by atoms with Crippen molar-refractivity contribution in [2.45, 2.75) is 19.3 Å². The molecule has 0 bridgehead atoms. The standard InChI is InChI=1S/C13H17N3O2/c17-8-3-1-2-6-15-13(18)12-9-11-10(16-12)5-4-7-14-11/h4-5,7,9,16-17H,1-3,6,8H2,(H,15,18). The van der Waals surface area contributed by atoms with Gasteiger partial charge in [0.15, 0.2) is 0 Å². The van der Waals surface area contributed by atoms with Gasteiger partial charge in [-0.3, -0.25) is 9.78 Å². The van der Waals surface area contributed by atoms with Crippen LogP contribution in [0.4, 0.5) is 0 Å². The van der Waals surface area contributed by atoms with Crippen LogP contribution < -0.4 is 5.32 Å². The second kappa shape index (κ2) is 6.16. The van der Waals surface area contributed by atoms with Crippen molar-refractivity contribution in [2.75, 3.05) is 13.2 Å². The molecule has 0 aromatic carbocycles. The molecule has 5 heteroatoms. The highest BCUT2D eigenvalue weighted by Crippen LogP contribution is 2.11. The van der Waals surface area contributed by atoms with Crippen LogP contribution in [0.5, 0.6) is 0 Å². The van der Waals surface area contributed by atoms with Gasteiger partial charge in [0, 0.05) is 19.3 Å². The number of aromatic nitrogens is 2. The molecule has 2 rings (SSSR count). The molecular weight excluding hydrogens is 230 g/mol. The van der Waals surface area contributed by atoms with Crippen molar-refractivity contribution >= 4 is 16.9 Å². The van der Waals surface area contributed by atoms with Crippen LogP contribution in [-0.4, -0.2) is 34.1 Å². The molecule has 0 fully saturated rings. The molecule has 2 aromatic heterocycles. The van der Waals surface area contributed by atoms with Gasteiger partial charge in [-0.05, 0) is 37.5 Å². The van der Waals surface area contributed by atoms with Crippen molar-refractivity contribution in [3.8, 4) is 0 Å². The number of fused-ring (bicyclic) bond motifs is 1. The van der Waals surface area contributed by atoms with Gasteiger partial charge in [-0.25, -0.2) is 0 Å². The lowest BCUT2D eigenvalue weighted by Gasteiger charge is -2.02. The Morgan fingerprint density at radius 1 is 1.39 bits per heavy atom. The number of carbonyl (C=O) groups is 1. The van der Waals surface area contributed by atoms with Crippen LogP contribution in [0.15, 0.2) is 24.4 Å². The van der Waals surface area contributed by atoms with Crippen molar-refractivity contribution in [1.29, 1.82) is 0 Å². The summed E-state index contributed by atoms with van der Waals surface area (Å²) in [5, 5.41) is 11.5. The lowest BCUT2D eigenvalue weighted by Crippen LogP contribution is -2.24. The minimum Gasteiger partial charge on any atom is -0.396 e. The average molecular weight is 247 g/mol. The maximum Gasteiger partial charge on any atom is 0.267 e. The molecule has 2 heterocycles. The smallest absolute Gasteiger partial charge is 0.267 e. The van der Waals surface area contributed by atoms with Crippen molar-refractivity contribution in [1.82, 2.24) is 15.3 Å². The molecule has 0 saturated heterocycles. The zero-order valence-corrected chi connectivity index (χ0v) is 10.1. The fourth-order valence-electron chi connectivity index (χ4n) is 1.79. The van der Waals surface area contributed by atoms with E-state index >= 15 is 0 Å². The maximum atomic E-state index is 11.8. The summed E-state index contributed by atoms with van der Waals surface area (Å²) in [5.41, 5.74) is 2.19. The number of H-pyrrole nitrogens is 1. The van der Waals surface area contributed by atoms with E-state index in [4.69, 9.17) is 5.11 Å². The highest BCUT2D eigenvalue weighted by Gasteiger charge is 2.08. The van der Waals surface area contributed by atoms with E-state index in [9.17, 15) is 4.79 Å². The van der Waals surface area contributed by atoms with Gasteiger partial charge >= 0.3 is 0 Å². The number of nitrogens with one attached hydrogen (secondary N) is 2. The van der Waals surface area contributed by atoms with Crippen LogP contribution in [0.1, 0.15) is 29.8 Å². The van der Waals surface area contributed by atoms with Crippen LogP contribution in [0, 0.1) is 0 Å². The predicted molar refractivity (Wildman–Crippen MR) is 69.4 cm³/mol. The molecule has 96 valence electrons. The van der Waals surface area contributed by atoms with E-state index in [2.05, 4.69) is 15.3 Å². The molecule has 0 radical (unpaired) electrons. The molecular formula is C13H17N3O2. The first kappa shape index (κ1) is 12.6. The van der Waals surface area contributed by atoms with Gasteiger partial charge in [-0.1, -0.05) is 0 Å². The van der Waals surface area contributed by atoms with Crippen molar-refractivity contribution in [2.24, 2.45) is 0 Å². The SMILES string of the molecule is O=C(NCCCCCO)c1cc2ncccc2[nH]1. The summed E-state index contributed by atoms with van der Waals surface area (Å²) in [6.45, 7) is 0.837. The van der Waals surface area contributed by atoms with Gasteiger partial charge in [0.05, 0.1) is 11.0 Å². The Hall–Kier alpha value is -1.88. The average Bonchev–Trinajstić information content (AvgIpc) is 2.82. The number of carbonyl (C=O) groups excluding carboxylic acids is 1. The van der Waals surface area contributed by atoms with Crippen molar-refractivity contribution in [3.05, 3.63) is 30.1 Å². The van der Waals surface area contributed by atoms with Crippen LogP contribution in [-0.2, 0) is 0 Å². The van der Waals surface area contributed by atoms with E-state index in [0.717, 1.165) is 30.3 Å². The Morgan fingerprint density at radius 2 is 2.28 bits per heavy atom. The van der Waals surface area contributed by atoms with Gasteiger partial charge in [0.1, 0.15) is 5.69 Å². The fraction of sp³-hybridized carbons (Fsp3) is 0.385. The molecule has 0 unspecified atom stereocenters. The third-order valence-corrected chi connectivity index (χ3v) is 2.75. The number of hydrogen-bond acceptors (Lipinski definition) is 3. The second-order valence-corrected chi connectivity index (χ2v) is 4.16. The molecule has 0 aliphatic heterocycles. The van der Waals surface area contributed by atoms with Gasteiger partial charge in [0.25, 0.3) is 5.91 Å². The van der Waals surface area contributed by atoms with E-state index in [1.165, 1.54) is 0 Å². The summed E-state index contributed by atoms with van der Waals surface area (Å²) >= 11 is 0. The predicted octanol–water partition coefficient (Wildman–Crippen LogP) is 1.46. The molecule has 0 aliphatic rings. The lowest BCUT2D eigenvalue weighted by molar-refractivity contribution is 0.0948. The van der Waals surface area contributed by atoms with Crippen molar-refractivity contribution in [3.63, 3.8) is 0 Å². The molecule has 3 N–H and O–H groups in total. The number of aromatic amines is 1. The lowest BCUT2D eigenvalue weighted by atomic mass is 10.2. The number of hydrogen-bond donors (Lipinski definition) is 3. The van der Waals surface area contributed by atoms with Crippen molar-refractivity contribution < 1.29 is 9.90 Å². The molecule has 0 saturated carbocycles. The molecule has 1 amide bonds. The molecule has 0 atom stereocenters. The van der Waals surface area contributed by atoms with E-state index in [1.54, 1.807) is 12.3 Å². The number of nitrogens with zero attached hydrogens (tertiary/aromatic N) is 1. The van der Waals surface area contributed by atoms with Gasteiger partial charge in [-0.2, -0.15) is 0 Å². The first-order chi connectivity index (χ1) is 8.81. The third kappa shape index (κ3) is 3.07. The topological polar surface area (TPSA) is 78.0 Å². The largest absolute Gasteiger partial charge is 0.396 e. The Morgan fingerprint density at radius 3 is 3.06 bits per heavy atom. The van der Waals surface area contributed by atoms with E-state index < -0.39 is 0 Å². The number of rotatable bonds is 6. The third-order valence-electron chi connectivity index (χ3n) is 2.75. The van der Waals surface area contributed by atoms with Gasteiger partial charge < -0.3 is 15.4 Å². The minimum atomic E-state index is -0.114. The van der Waals surface area contributed by atoms with Gasteiger partial charge in [0.2, 0.25) is 0 Å². The summed E-state index contributed by atoms with van der Waals surface area (Å²) in [4.78, 5) is 19.0. The Bertz CT molecular complexity index is 489. The highest BCUT2D eigenvalue weighted by atomic mass is 16.2. The number of unbranched alkanes of at least 4 members (excludes halogenated alkanes) is 2. The summed E-state index contributed by atoms with van der Waals surface area (Å²) in [6.07, 6.45) is 4.29. The summed E-state index contributed by atoms with van der Waals surface area (Å²) in [6, 6.07) is 5.47. The zero-order chi connectivity index (χ0) is 12.8. The molecule has 18 heavy (non-hydrogen) atoms. The first-order valence-electron chi connectivity index (χ1n) is 6.14.